The summed E-state index contributed by atoms with van der Waals surface area (Å²) in [6, 6.07) is 7.62. The molecule has 5 rings (SSSR count). The summed E-state index contributed by atoms with van der Waals surface area (Å²) in [5.41, 5.74) is -0.875. The summed E-state index contributed by atoms with van der Waals surface area (Å²) in [5.74, 6) is 6.00. The number of phenolic OH excluding ortho intramolecular Hbond substituents is 1. The smallest absolute Gasteiger partial charge is 0.409 e. The molecule has 3 aliphatic rings. The molecule has 0 bridgehead atoms. The average Bonchev–Trinajstić information content (AvgIpc) is 2.77. The van der Waals surface area contributed by atoms with Crippen LogP contribution in [-0.4, -0.2) is 49.3 Å². The summed E-state index contributed by atoms with van der Waals surface area (Å²) in [7, 11) is 0. The van der Waals surface area contributed by atoms with E-state index in [9.17, 15) is 9.90 Å². The first-order valence-corrected chi connectivity index (χ1v) is 11.8. The van der Waals surface area contributed by atoms with Gasteiger partial charge in [0.15, 0.2) is 11.6 Å². The molecular formula is C27H29FN2O6. The second kappa shape index (κ2) is 8.66. The zero-order chi connectivity index (χ0) is 25.7. The van der Waals surface area contributed by atoms with E-state index in [2.05, 4.69) is 22.5 Å². The Labute approximate surface area is 209 Å². The van der Waals surface area contributed by atoms with Crippen molar-refractivity contribution < 1.29 is 33.2 Å². The van der Waals surface area contributed by atoms with Crippen molar-refractivity contribution in [3.63, 3.8) is 0 Å². The maximum atomic E-state index is 15.4. The number of carbonyl (C=O) groups is 1. The van der Waals surface area contributed by atoms with Crippen molar-refractivity contribution in [2.24, 2.45) is 5.41 Å². The van der Waals surface area contributed by atoms with Crippen molar-refractivity contribution >= 4 is 6.09 Å². The number of alkyl carbamates (subject to hydrolysis) is 1. The lowest BCUT2D eigenvalue weighted by molar-refractivity contribution is -0.112. The third-order valence-electron chi connectivity index (χ3n) is 6.16. The van der Waals surface area contributed by atoms with Crippen molar-refractivity contribution in [3.05, 3.63) is 52.8 Å². The molecule has 9 heteroatoms. The van der Waals surface area contributed by atoms with E-state index >= 15 is 4.39 Å². The second-order valence-corrected chi connectivity index (χ2v) is 10.6. The Morgan fingerprint density at radius 2 is 2.03 bits per heavy atom. The van der Waals surface area contributed by atoms with Gasteiger partial charge in [0, 0.05) is 29.8 Å². The van der Waals surface area contributed by atoms with Gasteiger partial charge < -0.3 is 29.4 Å². The Morgan fingerprint density at radius 3 is 2.72 bits per heavy atom. The van der Waals surface area contributed by atoms with Gasteiger partial charge in [-0.2, -0.15) is 0 Å². The number of hydrogen-bond donors (Lipinski definition) is 3. The number of hydrogen-bond acceptors (Lipinski definition) is 7. The van der Waals surface area contributed by atoms with E-state index in [1.807, 2.05) is 6.92 Å². The first-order chi connectivity index (χ1) is 17.0. The van der Waals surface area contributed by atoms with Crippen LogP contribution in [-0.2, 0) is 19.8 Å². The van der Waals surface area contributed by atoms with E-state index in [4.69, 9.17) is 18.9 Å². The van der Waals surface area contributed by atoms with Gasteiger partial charge >= 0.3 is 6.09 Å². The maximum Gasteiger partial charge on any atom is 0.409 e. The summed E-state index contributed by atoms with van der Waals surface area (Å²) in [4.78, 5) is 12.5. The molecule has 1 amide bonds. The number of aromatic hydroxyl groups is 1. The molecule has 2 aromatic rings. The van der Waals surface area contributed by atoms with Gasteiger partial charge in [-0.1, -0.05) is 11.8 Å². The number of halogens is 1. The number of carbonyl (C=O) groups excluding carboxylic acids is 1. The van der Waals surface area contributed by atoms with Crippen LogP contribution in [0.25, 0.3) is 0 Å². The lowest BCUT2D eigenvalue weighted by Gasteiger charge is -2.45. The Morgan fingerprint density at radius 1 is 1.25 bits per heavy atom. The number of morpholine rings is 1. The third-order valence-corrected chi connectivity index (χ3v) is 6.16. The highest BCUT2D eigenvalue weighted by Crippen LogP contribution is 2.51. The highest BCUT2D eigenvalue weighted by molar-refractivity contribution is 5.68. The minimum absolute atomic E-state index is 0.000302. The molecule has 0 aromatic heterocycles. The molecule has 8 nitrogen and oxygen atoms in total. The Kier molecular flexibility index (Phi) is 5.86. The van der Waals surface area contributed by atoms with E-state index < -0.39 is 29.3 Å². The highest BCUT2D eigenvalue weighted by Gasteiger charge is 2.49. The van der Waals surface area contributed by atoms with E-state index in [-0.39, 0.29) is 23.5 Å². The number of nitrogens with one attached hydrogen (secondary N) is 2. The standard InChI is InChI=1S/C27H29FN2O6/c1-25(2,3)36-24(32)30-22-12-29-13-27(35-22)18-11-17(31)5-6-21(18)34-23-19(27)9-16(10-20(23)28)7-8-26(4)14-33-15-26/h5-6,9-11,22,29,31H,12-15H2,1-4H3,(H,30,32). The van der Waals surface area contributed by atoms with Crippen LogP contribution in [0.15, 0.2) is 30.3 Å². The van der Waals surface area contributed by atoms with Crippen LogP contribution in [0.5, 0.6) is 17.2 Å². The zero-order valence-corrected chi connectivity index (χ0v) is 20.7. The number of phenols is 1. The number of amides is 1. The number of benzene rings is 2. The van der Waals surface area contributed by atoms with E-state index in [1.165, 1.54) is 18.2 Å². The van der Waals surface area contributed by atoms with Gasteiger partial charge in [-0.05, 0) is 58.0 Å². The summed E-state index contributed by atoms with van der Waals surface area (Å²) in [6.45, 7) is 8.88. The second-order valence-electron chi connectivity index (χ2n) is 10.6. The zero-order valence-electron chi connectivity index (χ0n) is 20.7. The fraction of sp³-hybridized carbons (Fsp3) is 0.444. The van der Waals surface area contributed by atoms with Crippen molar-refractivity contribution in [1.29, 1.82) is 0 Å². The molecule has 0 saturated carbocycles. The number of rotatable bonds is 1. The molecule has 36 heavy (non-hydrogen) atoms. The van der Waals surface area contributed by atoms with E-state index in [1.54, 1.807) is 32.9 Å². The van der Waals surface area contributed by atoms with Crippen LogP contribution >= 0.6 is 0 Å². The minimum atomic E-state index is -1.28. The normalized spacial score (nSPS) is 23.8. The molecule has 2 fully saturated rings. The van der Waals surface area contributed by atoms with Crippen LogP contribution in [0.4, 0.5) is 9.18 Å². The Bertz CT molecular complexity index is 1270. The van der Waals surface area contributed by atoms with Gasteiger partial charge in [-0.3, -0.25) is 5.32 Å². The minimum Gasteiger partial charge on any atom is -0.508 e. The lowest BCUT2D eigenvalue weighted by Crippen LogP contribution is -2.58. The van der Waals surface area contributed by atoms with Crippen LogP contribution in [0, 0.1) is 23.1 Å². The fourth-order valence-electron chi connectivity index (χ4n) is 4.49. The molecule has 3 heterocycles. The summed E-state index contributed by atoms with van der Waals surface area (Å²) in [5, 5.41) is 16.3. The average molecular weight is 497 g/mol. The van der Waals surface area contributed by atoms with Crippen LogP contribution in [0.2, 0.25) is 0 Å². The molecule has 3 aliphatic heterocycles. The van der Waals surface area contributed by atoms with Crippen molar-refractivity contribution in [3.8, 4) is 29.1 Å². The van der Waals surface area contributed by atoms with Gasteiger partial charge in [-0.25, -0.2) is 9.18 Å². The number of fused-ring (bicyclic) bond motifs is 4. The van der Waals surface area contributed by atoms with Gasteiger partial charge in [0.2, 0.25) is 0 Å². The molecule has 0 radical (unpaired) electrons. The van der Waals surface area contributed by atoms with Gasteiger partial charge in [0.05, 0.1) is 18.6 Å². The fourth-order valence-corrected chi connectivity index (χ4v) is 4.49. The summed E-state index contributed by atoms with van der Waals surface area (Å²) in [6.07, 6.45) is -1.45. The van der Waals surface area contributed by atoms with Crippen LogP contribution in [0.1, 0.15) is 44.4 Å². The van der Waals surface area contributed by atoms with Gasteiger partial charge in [-0.15, -0.1) is 0 Å². The summed E-state index contributed by atoms with van der Waals surface area (Å²) < 4.78 is 38.5. The highest BCUT2D eigenvalue weighted by atomic mass is 19.1. The largest absolute Gasteiger partial charge is 0.508 e. The van der Waals surface area contributed by atoms with Crippen LogP contribution in [0.3, 0.4) is 0 Å². The Hall–Kier alpha value is -3.32. The first kappa shape index (κ1) is 24.4. The van der Waals surface area contributed by atoms with Crippen molar-refractivity contribution in [2.75, 3.05) is 26.3 Å². The van der Waals surface area contributed by atoms with Gasteiger partial charge in [0.1, 0.15) is 28.9 Å². The van der Waals surface area contributed by atoms with Crippen LogP contribution < -0.4 is 15.4 Å². The molecule has 3 N–H and O–H groups in total. The molecule has 0 aliphatic carbocycles. The molecule has 2 saturated heterocycles. The van der Waals surface area contributed by atoms with Crippen molar-refractivity contribution in [2.45, 2.75) is 45.1 Å². The predicted molar refractivity (Wildman–Crippen MR) is 128 cm³/mol. The topological polar surface area (TPSA) is 98.3 Å². The SMILES string of the molecule is CC1(C#Cc2cc(F)c3c(c2)C2(CNCC(NC(=O)OC(C)(C)C)O2)c2cc(O)ccc2O3)COC1. The van der Waals surface area contributed by atoms with Gasteiger partial charge in [0.25, 0.3) is 0 Å². The maximum absolute atomic E-state index is 15.4. The number of ether oxygens (including phenoxy) is 4. The molecular weight excluding hydrogens is 467 g/mol. The molecule has 2 unspecified atom stereocenters. The van der Waals surface area contributed by atoms with E-state index in [0.717, 1.165) is 0 Å². The molecule has 2 atom stereocenters. The lowest BCUT2D eigenvalue weighted by atomic mass is 9.81. The monoisotopic (exact) mass is 496 g/mol. The molecule has 1 spiro atoms. The quantitative estimate of drug-likeness (QED) is 0.518. The third kappa shape index (κ3) is 4.60. The molecule has 2 aromatic carbocycles. The summed E-state index contributed by atoms with van der Waals surface area (Å²) >= 11 is 0. The van der Waals surface area contributed by atoms with E-state index in [0.29, 0.717) is 42.2 Å². The van der Waals surface area contributed by atoms with Crippen molar-refractivity contribution in [1.82, 2.24) is 10.6 Å². The predicted octanol–water partition coefficient (Wildman–Crippen LogP) is 3.74. The molecule has 190 valence electrons. The Balaban J connectivity index is 1.57. The first-order valence-electron chi connectivity index (χ1n) is 11.8.